The van der Waals surface area contributed by atoms with Crippen molar-refractivity contribution in [3.05, 3.63) is 76.2 Å². The number of aryl methyl sites for hydroxylation is 1. The van der Waals surface area contributed by atoms with Crippen LogP contribution in [0.1, 0.15) is 62.8 Å². The first-order valence-electron chi connectivity index (χ1n) is 14.2. The number of rotatable bonds is 9. The second-order valence-electron chi connectivity index (χ2n) is 6.05. The van der Waals surface area contributed by atoms with Gasteiger partial charge in [-0.3, -0.25) is 4.79 Å². The van der Waals surface area contributed by atoms with Gasteiger partial charge in [-0.25, -0.2) is 4.98 Å². The number of benzene rings is 2. The highest BCUT2D eigenvalue weighted by Crippen LogP contribution is 2.21. The number of aromatic nitrogens is 1. The fourth-order valence-electron chi connectivity index (χ4n) is 2.36. The van der Waals surface area contributed by atoms with Crippen molar-refractivity contribution in [1.82, 2.24) is 4.98 Å². The maximum absolute atomic E-state index is 12.6. The second-order valence-corrected chi connectivity index (χ2v) is 6.88. The Hall–Kier alpha value is -2.70. The van der Waals surface area contributed by atoms with Gasteiger partial charge in [-0.1, -0.05) is 48.3 Å². The van der Waals surface area contributed by atoms with Gasteiger partial charge in [0, 0.05) is 19.3 Å². The number of amides is 1. The number of hydrogen-bond acceptors (Lipinski definition) is 5. The van der Waals surface area contributed by atoms with E-state index in [0.717, 1.165) is 11.3 Å². The number of nitrogens with one attached hydrogen (secondary N) is 1. The van der Waals surface area contributed by atoms with E-state index in [1.54, 1.807) is 0 Å². The first kappa shape index (κ1) is 10.9. The second kappa shape index (κ2) is 10.2. The topological polar surface area (TPSA) is 88.2 Å². The van der Waals surface area contributed by atoms with E-state index in [9.17, 15) is 9.90 Å². The minimum Gasteiger partial charge on any atom is -0.388 e. The van der Waals surface area contributed by atoms with Crippen LogP contribution in [0.25, 0.3) is 0 Å². The zero-order valence-corrected chi connectivity index (χ0v) is 16.4. The summed E-state index contributed by atoms with van der Waals surface area (Å²) in [6.07, 6.45) is -10.2. The molecule has 1 aromatic heterocycles. The third-order valence-electron chi connectivity index (χ3n) is 3.73. The standard InChI is InChI=1S/C23H27N3O2S/c1-16-5-4-7-18(13-16)21(27)8-3-2-6-17-9-11-19(12-10-17)25-22(28)14-20-15-29-23(24)26-20/h4-5,7,9-13,15,21,27H,2-3,6,8,14H2,1H3,(H2,24,26)(H,25,28)/t21-/m0/s1/i2D2,4D,5D,6D2,7D,13D,14D2,15D. The molecule has 0 aliphatic rings. The lowest BCUT2D eigenvalue weighted by molar-refractivity contribution is -0.115. The van der Waals surface area contributed by atoms with Gasteiger partial charge in [0.2, 0.25) is 5.91 Å². The molecular formula is C23H27N3O2S. The molecule has 1 atom stereocenters. The van der Waals surface area contributed by atoms with Crippen molar-refractivity contribution in [3.8, 4) is 0 Å². The smallest absolute Gasteiger partial charge is 0.230 e. The van der Waals surface area contributed by atoms with E-state index in [1.807, 2.05) is 0 Å². The van der Waals surface area contributed by atoms with Gasteiger partial charge in [0.15, 0.2) is 5.13 Å². The molecule has 1 amide bonds. The lowest BCUT2D eigenvalue weighted by Crippen LogP contribution is -2.14. The van der Waals surface area contributed by atoms with Gasteiger partial charge in [0.1, 0.15) is 0 Å². The Morgan fingerprint density at radius 1 is 1.38 bits per heavy atom. The summed E-state index contributed by atoms with van der Waals surface area (Å²) in [7, 11) is 0. The summed E-state index contributed by atoms with van der Waals surface area (Å²) in [6.45, 7) is 1.41. The van der Waals surface area contributed by atoms with Crippen molar-refractivity contribution in [1.29, 1.82) is 0 Å². The zero-order chi connectivity index (χ0) is 30.4. The van der Waals surface area contributed by atoms with Crippen LogP contribution < -0.4 is 11.1 Å². The summed E-state index contributed by atoms with van der Waals surface area (Å²) in [5, 5.41) is 12.6. The van der Waals surface area contributed by atoms with Crippen LogP contribution in [0.4, 0.5) is 10.8 Å². The van der Waals surface area contributed by atoms with Crippen molar-refractivity contribution in [2.45, 2.75) is 45.0 Å². The number of carbonyl (C=O) groups is 1. The number of aliphatic hydroxyl groups is 1. The highest BCUT2D eigenvalue weighted by molar-refractivity contribution is 7.13. The quantitative estimate of drug-likeness (QED) is 0.470. The molecule has 0 radical (unpaired) electrons. The molecule has 5 nitrogen and oxygen atoms in total. The van der Waals surface area contributed by atoms with E-state index < -0.39 is 55.3 Å². The molecule has 0 aliphatic carbocycles. The van der Waals surface area contributed by atoms with Crippen LogP contribution in [-0.2, 0) is 17.5 Å². The predicted octanol–water partition coefficient (Wildman–Crippen LogP) is 4.66. The monoisotopic (exact) mass is 420 g/mol. The third kappa shape index (κ3) is 6.69. The predicted molar refractivity (Wildman–Crippen MR) is 119 cm³/mol. The molecule has 0 spiro atoms. The number of carbonyl (C=O) groups excluding carboxylic acids is 1. The summed E-state index contributed by atoms with van der Waals surface area (Å²) in [6, 6.07) is 3.42. The maximum atomic E-state index is 12.6. The number of aliphatic hydroxyl groups excluding tert-OH is 1. The molecule has 6 heteroatoms. The van der Waals surface area contributed by atoms with Crippen LogP contribution in [-0.4, -0.2) is 16.0 Å². The van der Waals surface area contributed by atoms with Crippen molar-refractivity contribution in [2.24, 2.45) is 0 Å². The molecule has 29 heavy (non-hydrogen) atoms. The first-order chi connectivity index (χ1) is 18.3. The van der Waals surface area contributed by atoms with Crippen LogP contribution in [0.2, 0.25) is 0 Å². The Morgan fingerprint density at radius 3 is 2.90 bits per heavy atom. The van der Waals surface area contributed by atoms with Crippen LogP contribution in [0.5, 0.6) is 0 Å². The van der Waals surface area contributed by atoms with E-state index >= 15 is 0 Å². The van der Waals surface area contributed by atoms with E-state index in [0.29, 0.717) is 0 Å². The number of thiazole rings is 1. The van der Waals surface area contributed by atoms with Gasteiger partial charge in [-0.05, 0) is 49.4 Å². The molecule has 0 aliphatic heterocycles. The lowest BCUT2D eigenvalue weighted by atomic mass is 10.00. The van der Waals surface area contributed by atoms with Gasteiger partial charge < -0.3 is 16.2 Å². The van der Waals surface area contributed by atoms with E-state index in [4.69, 9.17) is 20.8 Å². The molecule has 3 aromatic rings. The average Bonchev–Trinajstić information content (AvgIpc) is 3.23. The van der Waals surface area contributed by atoms with Gasteiger partial charge in [-0.2, -0.15) is 0 Å². The first-order valence-corrected chi connectivity index (χ1v) is 9.54. The summed E-state index contributed by atoms with van der Waals surface area (Å²) < 4.78 is 89.4. The molecule has 0 fully saturated rings. The van der Waals surface area contributed by atoms with Crippen molar-refractivity contribution in [2.75, 3.05) is 11.1 Å². The summed E-state index contributed by atoms with van der Waals surface area (Å²) >= 11 is 0.720. The van der Waals surface area contributed by atoms with Gasteiger partial charge in [-0.15, -0.1) is 11.3 Å². The summed E-state index contributed by atoms with van der Waals surface area (Å²) in [5.74, 6) is -1.13. The molecule has 0 unspecified atom stereocenters. The number of nitrogens with two attached hydrogens (primary N) is 1. The Kier molecular flexibility index (Phi) is 3.83. The molecule has 4 N–H and O–H groups in total. The highest BCUT2D eigenvalue weighted by Gasteiger charge is 2.08. The van der Waals surface area contributed by atoms with E-state index in [1.165, 1.54) is 31.2 Å². The van der Waals surface area contributed by atoms with Crippen LogP contribution in [0.15, 0.2) is 53.8 Å². The number of hydrogen-bond donors (Lipinski definition) is 3. The van der Waals surface area contributed by atoms with Crippen molar-refractivity contribution >= 4 is 28.1 Å². The SMILES string of the molecule is [2H]c1sc(N)nc1C([2H])([2H])C(=O)Nc1ccc(C([2H])([2H])C([2H])([2H])CC[C@H](O)c2c([2H])c([2H])c([2H])c(C)c2[2H])cc1. The average molecular weight is 421 g/mol. The fraction of sp³-hybridized carbons (Fsp3) is 0.304. The highest BCUT2D eigenvalue weighted by atomic mass is 32.1. The molecule has 3 rings (SSSR count). The number of anilines is 2. The van der Waals surface area contributed by atoms with Gasteiger partial charge in [0.05, 0.1) is 25.0 Å². The molecular weight excluding hydrogens is 382 g/mol. The molecule has 152 valence electrons. The van der Waals surface area contributed by atoms with Crippen LogP contribution >= 0.6 is 11.3 Å². The minimum absolute atomic E-state index is 0.0627. The Bertz CT molecular complexity index is 1400. The number of nitrogen functional groups attached to an aromatic ring is 1. The minimum atomic E-state index is -2.67. The Balaban J connectivity index is 1.74. The lowest BCUT2D eigenvalue weighted by Gasteiger charge is -2.11. The Labute approximate surface area is 191 Å². The largest absolute Gasteiger partial charge is 0.388 e. The van der Waals surface area contributed by atoms with Crippen molar-refractivity contribution in [3.63, 3.8) is 0 Å². The normalized spacial score (nSPS) is 18.9. The molecule has 1 heterocycles. The van der Waals surface area contributed by atoms with E-state index in [-0.39, 0.29) is 51.4 Å². The summed E-state index contributed by atoms with van der Waals surface area (Å²) in [4.78, 5) is 16.3. The maximum Gasteiger partial charge on any atom is 0.230 e. The van der Waals surface area contributed by atoms with Crippen molar-refractivity contribution < 1.29 is 25.0 Å². The van der Waals surface area contributed by atoms with Gasteiger partial charge in [0.25, 0.3) is 0 Å². The molecule has 0 saturated carbocycles. The van der Waals surface area contributed by atoms with Crippen LogP contribution in [0.3, 0.4) is 0 Å². The molecule has 0 bridgehead atoms. The van der Waals surface area contributed by atoms with Gasteiger partial charge >= 0.3 is 0 Å². The number of nitrogens with zero attached hydrogens (tertiary/aromatic N) is 1. The van der Waals surface area contributed by atoms with E-state index in [2.05, 4.69) is 10.3 Å². The summed E-state index contributed by atoms with van der Waals surface area (Å²) in [5.41, 5.74) is 4.94. The van der Waals surface area contributed by atoms with Crippen LogP contribution in [0, 0.1) is 6.92 Å². The molecule has 0 saturated heterocycles. The third-order valence-corrected chi connectivity index (χ3v) is 4.32. The zero-order valence-electron chi connectivity index (χ0n) is 26.6. The Morgan fingerprint density at radius 2 is 2.17 bits per heavy atom. The molecule has 2 aromatic carbocycles. The fourth-order valence-corrected chi connectivity index (χ4v) is 2.79.